The smallest absolute Gasteiger partial charge is 0.323 e. The molecule has 0 saturated carbocycles. The standard InChI is InChI=1S/C25H23N7O/c26-14-18-5-1-2-9-22(18)31-25(33)30-20-8-3-6-17(13-20)19-7-4-12-32(15-19)24-21-10-11-27-23(21)28-16-29-24/h1-3,5-6,8-11,13,16,19H,4,7,12,15H2,(H,27,28,29)(H2,30,31,33). The topological polar surface area (TPSA) is 110 Å². The van der Waals surface area contributed by atoms with Gasteiger partial charge in [0.1, 0.15) is 23.9 Å². The van der Waals surface area contributed by atoms with Crippen molar-refractivity contribution in [2.24, 2.45) is 0 Å². The second-order valence-electron chi connectivity index (χ2n) is 8.08. The first-order valence-corrected chi connectivity index (χ1v) is 10.9. The number of nitriles is 1. The number of carbonyl (C=O) groups excluding carboxylic acids is 1. The molecule has 33 heavy (non-hydrogen) atoms. The average Bonchev–Trinajstić information content (AvgIpc) is 3.34. The van der Waals surface area contributed by atoms with Crippen LogP contribution in [0.5, 0.6) is 0 Å². The zero-order valence-electron chi connectivity index (χ0n) is 18.0. The van der Waals surface area contributed by atoms with Crippen molar-refractivity contribution in [1.82, 2.24) is 15.0 Å². The van der Waals surface area contributed by atoms with Crippen LogP contribution in [0.1, 0.15) is 29.9 Å². The molecule has 0 bridgehead atoms. The number of nitrogens with zero attached hydrogens (tertiary/aromatic N) is 4. The number of anilines is 3. The number of H-pyrrole nitrogens is 1. The molecule has 4 aromatic rings. The van der Waals surface area contributed by atoms with Crippen molar-refractivity contribution < 1.29 is 4.79 Å². The van der Waals surface area contributed by atoms with Crippen LogP contribution < -0.4 is 15.5 Å². The molecular formula is C25H23N7O. The fourth-order valence-electron chi connectivity index (χ4n) is 4.40. The lowest BCUT2D eigenvalue weighted by Crippen LogP contribution is -2.35. The van der Waals surface area contributed by atoms with Gasteiger partial charge in [0.2, 0.25) is 0 Å². The summed E-state index contributed by atoms with van der Waals surface area (Å²) >= 11 is 0. The Labute approximate surface area is 191 Å². The molecule has 8 nitrogen and oxygen atoms in total. The van der Waals surface area contributed by atoms with E-state index < -0.39 is 0 Å². The van der Waals surface area contributed by atoms with Gasteiger partial charge in [0.25, 0.3) is 0 Å². The van der Waals surface area contributed by atoms with E-state index in [2.05, 4.69) is 42.6 Å². The van der Waals surface area contributed by atoms with Gasteiger partial charge in [0.05, 0.1) is 16.6 Å². The molecule has 1 atom stereocenters. The monoisotopic (exact) mass is 437 g/mol. The summed E-state index contributed by atoms with van der Waals surface area (Å²) in [7, 11) is 0. The van der Waals surface area contributed by atoms with Gasteiger partial charge in [0.15, 0.2) is 0 Å². The van der Waals surface area contributed by atoms with E-state index >= 15 is 0 Å². The molecule has 5 rings (SSSR count). The van der Waals surface area contributed by atoms with Gasteiger partial charge >= 0.3 is 6.03 Å². The molecule has 0 aliphatic carbocycles. The summed E-state index contributed by atoms with van der Waals surface area (Å²) < 4.78 is 0. The Hall–Kier alpha value is -4.38. The first-order valence-electron chi connectivity index (χ1n) is 10.9. The van der Waals surface area contributed by atoms with Crippen LogP contribution in [0.3, 0.4) is 0 Å². The number of urea groups is 1. The number of aromatic nitrogens is 3. The van der Waals surface area contributed by atoms with Gasteiger partial charge in [-0.15, -0.1) is 0 Å². The van der Waals surface area contributed by atoms with Gasteiger partial charge in [-0.1, -0.05) is 24.3 Å². The summed E-state index contributed by atoms with van der Waals surface area (Å²) in [5.41, 5.74) is 3.64. The van der Waals surface area contributed by atoms with Crippen LogP contribution in [-0.2, 0) is 0 Å². The van der Waals surface area contributed by atoms with Gasteiger partial charge in [-0.3, -0.25) is 0 Å². The van der Waals surface area contributed by atoms with Crippen LogP contribution in [0.2, 0.25) is 0 Å². The quantitative estimate of drug-likeness (QED) is 0.422. The second kappa shape index (κ2) is 9.01. The highest BCUT2D eigenvalue weighted by Gasteiger charge is 2.24. The number of aromatic amines is 1. The minimum absolute atomic E-state index is 0.326. The zero-order valence-corrected chi connectivity index (χ0v) is 18.0. The maximum atomic E-state index is 12.5. The Kier molecular flexibility index (Phi) is 5.60. The highest BCUT2D eigenvalue weighted by atomic mass is 16.2. The van der Waals surface area contributed by atoms with Crippen molar-refractivity contribution >= 4 is 34.3 Å². The number of rotatable bonds is 4. The van der Waals surface area contributed by atoms with Gasteiger partial charge in [-0.05, 0) is 48.7 Å². The van der Waals surface area contributed by atoms with E-state index in [9.17, 15) is 10.1 Å². The molecule has 2 amide bonds. The third kappa shape index (κ3) is 4.34. The Morgan fingerprint density at radius 1 is 1.12 bits per heavy atom. The first-order chi connectivity index (χ1) is 16.2. The maximum absolute atomic E-state index is 12.5. The van der Waals surface area contributed by atoms with E-state index in [0.717, 1.165) is 42.8 Å². The molecule has 0 radical (unpaired) electrons. The summed E-state index contributed by atoms with van der Waals surface area (Å²) in [5.74, 6) is 1.28. The third-order valence-electron chi connectivity index (χ3n) is 5.97. The Balaban J connectivity index is 1.30. The van der Waals surface area contributed by atoms with Crippen molar-refractivity contribution in [2.75, 3.05) is 28.6 Å². The molecule has 164 valence electrons. The highest BCUT2D eigenvalue weighted by molar-refractivity contribution is 6.00. The molecule has 1 fully saturated rings. The number of fused-ring (bicyclic) bond motifs is 1. The van der Waals surface area contributed by atoms with Crippen LogP contribution in [0.4, 0.5) is 22.0 Å². The third-order valence-corrected chi connectivity index (χ3v) is 5.97. The number of para-hydroxylation sites is 1. The van der Waals surface area contributed by atoms with Crippen molar-refractivity contribution in [3.05, 3.63) is 78.2 Å². The van der Waals surface area contributed by atoms with E-state index in [-0.39, 0.29) is 6.03 Å². The Morgan fingerprint density at radius 2 is 2.03 bits per heavy atom. The summed E-state index contributed by atoms with van der Waals surface area (Å²) in [5, 5.41) is 15.9. The predicted molar refractivity (Wildman–Crippen MR) is 128 cm³/mol. The fraction of sp³-hybridized carbons (Fsp3) is 0.200. The highest BCUT2D eigenvalue weighted by Crippen LogP contribution is 2.32. The molecule has 0 spiro atoms. The number of amides is 2. The number of nitrogens with one attached hydrogen (secondary N) is 3. The van der Waals surface area contributed by atoms with Crippen LogP contribution in [0, 0.1) is 11.3 Å². The molecule has 8 heteroatoms. The van der Waals surface area contributed by atoms with E-state index in [1.807, 2.05) is 30.5 Å². The van der Waals surface area contributed by atoms with Crippen molar-refractivity contribution in [2.45, 2.75) is 18.8 Å². The molecule has 1 aliphatic heterocycles. The minimum Gasteiger partial charge on any atom is -0.355 e. The summed E-state index contributed by atoms with van der Waals surface area (Å²) in [6.45, 7) is 1.80. The predicted octanol–water partition coefficient (Wildman–Crippen LogP) is 4.86. The van der Waals surface area contributed by atoms with Crippen molar-refractivity contribution in [3.63, 3.8) is 0 Å². The van der Waals surface area contributed by atoms with Crippen molar-refractivity contribution in [3.8, 4) is 6.07 Å². The average molecular weight is 438 g/mol. The zero-order chi connectivity index (χ0) is 22.6. The molecule has 2 aromatic heterocycles. The molecule has 1 unspecified atom stereocenters. The molecule has 1 saturated heterocycles. The minimum atomic E-state index is -0.379. The van der Waals surface area contributed by atoms with Crippen molar-refractivity contribution in [1.29, 1.82) is 5.26 Å². The van der Waals surface area contributed by atoms with E-state index in [1.54, 1.807) is 30.6 Å². The lowest BCUT2D eigenvalue weighted by atomic mass is 9.90. The fourth-order valence-corrected chi connectivity index (χ4v) is 4.40. The SMILES string of the molecule is N#Cc1ccccc1NC(=O)Nc1cccc(C2CCCN(c3ncnc4[nH]ccc34)C2)c1. The number of carbonyl (C=O) groups is 1. The lowest BCUT2D eigenvalue weighted by Gasteiger charge is -2.34. The van der Waals surface area contributed by atoms with Crippen LogP contribution in [-0.4, -0.2) is 34.1 Å². The summed E-state index contributed by atoms with van der Waals surface area (Å²) in [4.78, 5) is 26.8. The normalized spacial score (nSPS) is 15.7. The van der Waals surface area contributed by atoms with Gasteiger partial charge in [-0.25, -0.2) is 14.8 Å². The number of piperidine rings is 1. The van der Waals surface area contributed by atoms with E-state index in [1.165, 1.54) is 5.56 Å². The molecule has 1 aliphatic rings. The number of hydrogen-bond acceptors (Lipinski definition) is 5. The van der Waals surface area contributed by atoms with Gasteiger partial charge in [0, 0.05) is 30.9 Å². The summed E-state index contributed by atoms with van der Waals surface area (Å²) in [6.07, 6.45) is 5.62. The Bertz CT molecular complexity index is 1340. The maximum Gasteiger partial charge on any atom is 0.323 e. The molecule has 3 heterocycles. The van der Waals surface area contributed by atoms with E-state index in [4.69, 9.17) is 0 Å². The lowest BCUT2D eigenvalue weighted by molar-refractivity contribution is 0.262. The van der Waals surface area contributed by atoms with Gasteiger partial charge in [-0.2, -0.15) is 5.26 Å². The molecule has 2 aromatic carbocycles. The van der Waals surface area contributed by atoms with Crippen LogP contribution in [0.25, 0.3) is 11.0 Å². The molecular weight excluding hydrogens is 414 g/mol. The van der Waals surface area contributed by atoms with E-state index in [0.29, 0.717) is 22.9 Å². The largest absolute Gasteiger partial charge is 0.355 e. The van der Waals surface area contributed by atoms with Crippen LogP contribution >= 0.6 is 0 Å². The Morgan fingerprint density at radius 3 is 2.94 bits per heavy atom. The summed E-state index contributed by atoms with van der Waals surface area (Å²) in [6, 6.07) is 18.6. The van der Waals surface area contributed by atoms with Gasteiger partial charge < -0.3 is 20.5 Å². The number of hydrogen-bond donors (Lipinski definition) is 3. The number of benzene rings is 2. The first kappa shape index (κ1) is 20.5. The molecule has 3 N–H and O–H groups in total. The van der Waals surface area contributed by atoms with Crippen LogP contribution in [0.15, 0.2) is 67.1 Å². The second-order valence-corrected chi connectivity index (χ2v) is 8.08.